The quantitative estimate of drug-likeness (QED) is 0.476. The number of carbonyl (C=O) groups is 1. The molecule has 1 aliphatic carbocycles. The van der Waals surface area contributed by atoms with Crippen LogP contribution in [0, 0.1) is 5.41 Å². The summed E-state index contributed by atoms with van der Waals surface area (Å²) in [5.41, 5.74) is 9.47. The van der Waals surface area contributed by atoms with Crippen LogP contribution in [0.5, 0.6) is 0 Å². The monoisotopic (exact) mass is 480 g/mol. The topological polar surface area (TPSA) is 46.3 Å². The third-order valence-corrected chi connectivity index (χ3v) is 6.64. The van der Waals surface area contributed by atoms with E-state index >= 15 is 0 Å². The summed E-state index contributed by atoms with van der Waals surface area (Å²) < 4.78 is 0.132. The fourth-order valence-corrected chi connectivity index (χ4v) is 5.19. The van der Waals surface area contributed by atoms with Crippen molar-refractivity contribution in [1.29, 1.82) is 0 Å². The fraction of sp³-hybridized carbons (Fsp3) is 0.375. The number of nitrogens with zero attached hydrogens (tertiary/aromatic N) is 2. The van der Waals surface area contributed by atoms with E-state index in [9.17, 15) is 4.79 Å². The fourth-order valence-electron chi connectivity index (χ4n) is 4.68. The zero-order chi connectivity index (χ0) is 21.8. The normalized spacial score (nSPS) is 23.1. The number of fused-ring (bicyclic) bond motifs is 2. The van der Waals surface area contributed by atoms with Crippen LogP contribution in [0.15, 0.2) is 59.5 Å². The molecule has 4 rings (SSSR count). The summed E-state index contributed by atoms with van der Waals surface area (Å²) >= 11 is 12.6. The summed E-state index contributed by atoms with van der Waals surface area (Å²) in [5, 5.41) is 1.04. The lowest BCUT2D eigenvalue weighted by Gasteiger charge is -2.38. The minimum atomic E-state index is -0.0433. The van der Waals surface area contributed by atoms with Crippen molar-refractivity contribution in [2.45, 2.75) is 26.3 Å². The van der Waals surface area contributed by atoms with E-state index in [4.69, 9.17) is 28.9 Å². The second-order valence-corrected chi connectivity index (χ2v) is 10.1. The Kier molecular flexibility index (Phi) is 6.54. The largest absolute Gasteiger partial charge is 0.352 e. The summed E-state index contributed by atoms with van der Waals surface area (Å²) in [6, 6.07) is 5.42. The number of halogens is 3. The minimum absolute atomic E-state index is 0. The molecule has 1 unspecified atom stereocenters. The first-order valence-electron chi connectivity index (χ1n) is 10.3. The van der Waals surface area contributed by atoms with Crippen LogP contribution < -0.4 is 5.73 Å². The van der Waals surface area contributed by atoms with Crippen molar-refractivity contribution >= 4 is 47.1 Å². The van der Waals surface area contributed by atoms with Gasteiger partial charge in [-0.25, -0.2) is 9.28 Å². The first-order chi connectivity index (χ1) is 14.1. The molecule has 1 aromatic carbocycles. The lowest BCUT2D eigenvalue weighted by Crippen LogP contribution is -2.52. The Morgan fingerprint density at radius 3 is 2.58 bits per heavy atom. The summed E-state index contributed by atoms with van der Waals surface area (Å²) in [5.74, 6) is 1.04. The molecule has 0 saturated heterocycles. The van der Waals surface area contributed by atoms with Crippen LogP contribution in [-0.2, 0) is 4.79 Å². The molecule has 2 aliphatic heterocycles. The van der Waals surface area contributed by atoms with Crippen molar-refractivity contribution < 1.29 is 9.28 Å². The molecule has 0 bridgehead atoms. The first kappa shape index (κ1) is 24.1. The van der Waals surface area contributed by atoms with Gasteiger partial charge in [0.2, 0.25) is 5.82 Å². The van der Waals surface area contributed by atoms with E-state index in [1.54, 1.807) is 12.1 Å². The van der Waals surface area contributed by atoms with Crippen LogP contribution in [0.1, 0.15) is 25.8 Å². The maximum Gasteiger partial charge on any atom is 0.352 e. The molecule has 0 saturated carbocycles. The maximum atomic E-state index is 13.7. The number of hydrogen-bond acceptors (Lipinski definition) is 3. The van der Waals surface area contributed by atoms with E-state index in [-0.39, 0.29) is 34.3 Å². The summed E-state index contributed by atoms with van der Waals surface area (Å²) in [6.07, 6.45) is 9.72. The molecular formula is C24H29Cl3N3O+. The van der Waals surface area contributed by atoms with E-state index in [1.807, 2.05) is 26.2 Å². The molecule has 0 spiro atoms. The number of rotatable bonds is 4. The molecule has 31 heavy (non-hydrogen) atoms. The Morgan fingerprint density at radius 2 is 1.94 bits per heavy atom. The van der Waals surface area contributed by atoms with Crippen molar-refractivity contribution in [3.63, 3.8) is 0 Å². The van der Waals surface area contributed by atoms with Gasteiger partial charge in [-0.3, -0.25) is 0 Å². The van der Waals surface area contributed by atoms with E-state index in [1.165, 1.54) is 5.57 Å². The van der Waals surface area contributed by atoms with Crippen LogP contribution >= 0.6 is 35.6 Å². The highest BCUT2D eigenvalue weighted by atomic mass is 35.5. The molecule has 2 N–H and O–H groups in total. The molecule has 1 atom stereocenters. The van der Waals surface area contributed by atoms with Gasteiger partial charge < -0.3 is 10.6 Å². The van der Waals surface area contributed by atoms with Crippen molar-refractivity contribution in [3.05, 3.63) is 75.1 Å². The van der Waals surface area contributed by atoms with Gasteiger partial charge in [0.1, 0.15) is 0 Å². The zero-order valence-electron chi connectivity index (χ0n) is 18.3. The molecule has 0 fully saturated rings. The number of likely N-dealkylation sites (N-methyl/N-ethyl adjacent to an activating group) is 1. The minimum Gasteiger partial charge on any atom is -0.330 e. The second kappa shape index (κ2) is 8.42. The number of quaternary nitrogens is 1. The standard InChI is InChI=1S/C24H28Cl2N3O.ClH/c1-24(2)9-8-21-19(14-24)17-13-18(16-7-6-15(25)12-20(16)26)23(30)29(3,4)22(17)28(21)11-5-10-27;/h6-9,12-14,21H,5,10-11,27H2,1-4H3;1H/q+1;. The molecule has 166 valence electrons. The van der Waals surface area contributed by atoms with Gasteiger partial charge in [-0.15, -0.1) is 12.4 Å². The first-order valence-corrected chi connectivity index (χ1v) is 11.0. The molecule has 4 nitrogen and oxygen atoms in total. The SMILES string of the molecule is CC1(C)C=CC2C(=C1)C1=C(N2CCCN)[N+](C)(C)C(=O)C(c2ccc(Cl)cc2Cl)=C1.Cl. The Hall–Kier alpha value is -1.56. The molecule has 1 amide bonds. The molecule has 1 aromatic rings. The van der Waals surface area contributed by atoms with Gasteiger partial charge >= 0.3 is 5.91 Å². The number of hydrogen-bond donors (Lipinski definition) is 1. The van der Waals surface area contributed by atoms with Crippen LogP contribution in [0.3, 0.4) is 0 Å². The average molecular weight is 482 g/mol. The van der Waals surface area contributed by atoms with Crippen LogP contribution in [-0.4, -0.2) is 48.5 Å². The molecule has 0 aromatic heterocycles. The lowest BCUT2D eigenvalue weighted by molar-refractivity contribution is -0.780. The average Bonchev–Trinajstić information content (AvgIpc) is 2.96. The van der Waals surface area contributed by atoms with Crippen molar-refractivity contribution in [2.24, 2.45) is 11.1 Å². The molecular weight excluding hydrogens is 453 g/mol. The Bertz CT molecular complexity index is 1050. The number of carbonyl (C=O) groups excluding carboxylic acids is 1. The number of nitrogens with two attached hydrogens (primary N) is 1. The number of benzene rings is 1. The van der Waals surface area contributed by atoms with Gasteiger partial charge in [-0.2, -0.15) is 0 Å². The van der Waals surface area contributed by atoms with Gasteiger partial charge in [0, 0.05) is 22.5 Å². The summed E-state index contributed by atoms with van der Waals surface area (Å²) in [7, 11) is 3.91. The summed E-state index contributed by atoms with van der Waals surface area (Å²) in [4.78, 5) is 16.0. The molecule has 2 heterocycles. The zero-order valence-corrected chi connectivity index (χ0v) is 20.6. The van der Waals surface area contributed by atoms with E-state index in [0.717, 1.165) is 24.4 Å². The Labute approximate surface area is 200 Å². The van der Waals surface area contributed by atoms with Gasteiger partial charge in [-0.05, 0) is 36.7 Å². The third kappa shape index (κ3) is 4.01. The van der Waals surface area contributed by atoms with E-state index < -0.39 is 0 Å². The molecule has 0 radical (unpaired) electrons. The summed E-state index contributed by atoms with van der Waals surface area (Å²) in [6.45, 7) is 5.82. The van der Waals surface area contributed by atoms with Crippen LogP contribution in [0.2, 0.25) is 10.0 Å². The Balaban J connectivity index is 0.00000272. The van der Waals surface area contributed by atoms with Crippen molar-refractivity contribution in [1.82, 2.24) is 4.90 Å². The highest BCUT2D eigenvalue weighted by Crippen LogP contribution is 2.48. The van der Waals surface area contributed by atoms with Crippen LogP contribution in [0.4, 0.5) is 0 Å². The smallest absolute Gasteiger partial charge is 0.330 e. The van der Waals surface area contributed by atoms with Crippen molar-refractivity contribution in [3.8, 4) is 0 Å². The predicted molar refractivity (Wildman–Crippen MR) is 131 cm³/mol. The van der Waals surface area contributed by atoms with Gasteiger partial charge in [0.25, 0.3) is 0 Å². The Morgan fingerprint density at radius 1 is 1.23 bits per heavy atom. The second-order valence-electron chi connectivity index (χ2n) is 9.24. The lowest BCUT2D eigenvalue weighted by atomic mass is 9.81. The van der Waals surface area contributed by atoms with E-state index in [2.05, 4.69) is 37.0 Å². The highest BCUT2D eigenvalue weighted by Gasteiger charge is 2.51. The van der Waals surface area contributed by atoms with Gasteiger partial charge in [0.05, 0.1) is 36.3 Å². The van der Waals surface area contributed by atoms with Gasteiger partial charge in [-0.1, -0.05) is 61.3 Å². The van der Waals surface area contributed by atoms with E-state index in [0.29, 0.717) is 27.7 Å². The van der Waals surface area contributed by atoms with Crippen molar-refractivity contribution in [2.75, 3.05) is 27.2 Å². The van der Waals surface area contributed by atoms with Gasteiger partial charge in [0.15, 0.2) is 0 Å². The number of allylic oxidation sites excluding steroid dienone is 3. The molecule has 3 aliphatic rings. The predicted octanol–water partition coefficient (Wildman–Crippen LogP) is 5.18. The maximum absolute atomic E-state index is 13.7. The molecule has 7 heteroatoms. The third-order valence-electron chi connectivity index (χ3n) is 6.09. The number of amides is 1. The van der Waals surface area contributed by atoms with Crippen LogP contribution in [0.25, 0.3) is 5.57 Å². The highest BCUT2D eigenvalue weighted by molar-refractivity contribution is 6.37.